The zero-order valence-corrected chi connectivity index (χ0v) is 28.3. The number of halogens is 3. The Morgan fingerprint density at radius 3 is 2.49 bits per heavy atom. The first-order valence-corrected chi connectivity index (χ1v) is 18.3. The van der Waals surface area contributed by atoms with E-state index in [1.165, 1.54) is 6.07 Å². The Morgan fingerprint density at radius 2 is 1.80 bits per heavy atom. The van der Waals surface area contributed by atoms with E-state index >= 15 is 8.78 Å². The first kappa shape index (κ1) is 31.7. The lowest BCUT2D eigenvalue weighted by Gasteiger charge is -2.48. The molecule has 0 bridgehead atoms. The van der Waals surface area contributed by atoms with E-state index in [0.29, 0.717) is 39.5 Å². The zero-order chi connectivity index (χ0) is 32.2. The van der Waals surface area contributed by atoms with Crippen LogP contribution in [0.25, 0.3) is 32.9 Å². The van der Waals surface area contributed by atoms with Crippen LogP contribution in [0.1, 0.15) is 53.5 Å². The van der Waals surface area contributed by atoms with Crippen molar-refractivity contribution in [3.05, 3.63) is 64.9 Å². The third-order valence-corrected chi connectivity index (χ3v) is 16.6. The first-order valence-electron chi connectivity index (χ1n) is 15.7. The van der Waals surface area contributed by atoms with Crippen molar-refractivity contribution >= 4 is 60.6 Å². The van der Waals surface area contributed by atoms with E-state index in [9.17, 15) is 4.79 Å². The minimum atomic E-state index is -2.17. The van der Waals surface area contributed by atoms with Gasteiger partial charge in [0.1, 0.15) is 30.3 Å². The molecule has 6 rings (SSSR count). The molecule has 45 heavy (non-hydrogen) atoms. The highest BCUT2D eigenvalue weighted by Gasteiger charge is 2.47. The molecule has 2 aliphatic heterocycles. The summed E-state index contributed by atoms with van der Waals surface area (Å²) in [7, 11) is -0.581. The third-order valence-electron chi connectivity index (χ3n) is 10.2. The molecule has 0 N–H and O–H groups in total. The molecule has 2 atom stereocenters. The van der Waals surface area contributed by atoms with E-state index < -0.39 is 19.7 Å². The van der Waals surface area contributed by atoms with Gasteiger partial charge in [-0.15, -0.1) is 5.54 Å². The zero-order valence-electron chi connectivity index (χ0n) is 26.5. The van der Waals surface area contributed by atoms with E-state index in [1.54, 1.807) is 31.8 Å². The summed E-state index contributed by atoms with van der Waals surface area (Å²) in [5.41, 5.74) is 6.48. The molecule has 0 aliphatic carbocycles. The van der Waals surface area contributed by atoms with Gasteiger partial charge in [-0.1, -0.05) is 83.3 Å². The number of hydrogen-bond donors (Lipinski definition) is 0. The Kier molecular flexibility index (Phi) is 8.53. The summed E-state index contributed by atoms with van der Waals surface area (Å²) in [6.45, 7) is 14.8. The quantitative estimate of drug-likeness (QED) is 0.0885. The van der Waals surface area contributed by atoms with Gasteiger partial charge < -0.3 is 14.5 Å². The molecule has 231 valence electrons. The second-order valence-electron chi connectivity index (χ2n) is 13.2. The van der Waals surface area contributed by atoms with Gasteiger partial charge in [-0.05, 0) is 47.1 Å². The third kappa shape index (κ3) is 5.15. The average Bonchev–Trinajstić information content (AvgIpc) is 3.28. The second kappa shape index (κ2) is 12.1. The fourth-order valence-corrected chi connectivity index (χ4v) is 13.4. The van der Waals surface area contributed by atoms with Crippen LogP contribution < -0.4 is 4.90 Å². The molecule has 0 amide bonds. The molecule has 4 aromatic rings. The van der Waals surface area contributed by atoms with Gasteiger partial charge in [-0.3, -0.25) is 4.98 Å². The molecule has 2 saturated heterocycles. The van der Waals surface area contributed by atoms with Crippen LogP contribution in [0.3, 0.4) is 0 Å². The molecule has 5 nitrogen and oxygen atoms in total. The molecule has 2 aromatic heterocycles. The SMILES string of the molecule is CC(C)[Si](C#Cc1c(F)ccc2cccc(-c3ncc4c(N5C[C@@H]6[C@H]5CCN6[B]C=O)cc(Cl)nc4c3F)c12)(C(C)C)C(C)C. The number of pyridine rings is 2. The topological polar surface area (TPSA) is 49.3 Å². The highest BCUT2D eigenvalue weighted by atomic mass is 35.5. The molecule has 0 spiro atoms. The fraction of sp³-hybridized carbons (Fsp3) is 0.400. The number of benzene rings is 2. The lowest BCUT2D eigenvalue weighted by molar-refractivity contribution is 0.308. The maximum Gasteiger partial charge on any atom is 0.293 e. The van der Waals surface area contributed by atoms with E-state index in [4.69, 9.17) is 11.6 Å². The lowest BCUT2D eigenvalue weighted by atomic mass is 9.88. The summed E-state index contributed by atoms with van der Waals surface area (Å²) in [5.74, 6) is 2.26. The molecule has 2 aromatic carbocycles. The highest BCUT2D eigenvalue weighted by molar-refractivity contribution is 6.90. The van der Waals surface area contributed by atoms with Crippen LogP contribution in [0.15, 0.2) is 42.6 Å². The molecule has 2 fully saturated rings. The fourth-order valence-electron chi connectivity index (χ4n) is 8.00. The minimum Gasteiger partial charge on any atom is -0.365 e. The van der Waals surface area contributed by atoms with Crippen molar-refractivity contribution in [1.82, 2.24) is 14.8 Å². The summed E-state index contributed by atoms with van der Waals surface area (Å²) >= 11 is 6.49. The summed E-state index contributed by atoms with van der Waals surface area (Å²) in [5, 5.41) is 2.04. The van der Waals surface area contributed by atoms with Crippen molar-refractivity contribution in [2.75, 3.05) is 18.0 Å². The summed E-state index contributed by atoms with van der Waals surface area (Å²) in [6, 6.07) is 10.8. The van der Waals surface area contributed by atoms with Crippen LogP contribution >= 0.6 is 11.6 Å². The van der Waals surface area contributed by atoms with Gasteiger partial charge >= 0.3 is 0 Å². The molecule has 0 unspecified atom stereocenters. The molecular weight excluding hydrogens is 605 g/mol. The lowest BCUT2D eigenvalue weighted by Crippen LogP contribution is -2.62. The van der Waals surface area contributed by atoms with Gasteiger partial charge in [0.25, 0.3) is 7.41 Å². The molecule has 0 saturated carbocycles. The Hall–Kier alpha value is -3.32. The standard InChI is InChI=1S/C35H37BClF2N4OSi/c1-20(2)45(21(3)4,22(5)6)15-13-24-27(38)11-10-23-8-7-9-25(32(23)24)34-33(39)35-26(17-40-34)29(16-31(37)41-35)42-18-30-28(42)12-14-43(30)36-19-44/h7-11,16-17,19-22,28,30H,12,14,18H2,1-6H3/t28-,30-/m1/s1. The van der Waals surface area contributed by atoms with Crippen molar-refractivity contribution in [3.63, 3.8) is 0 Å². The van der Waals surface area contributed by atoms with Crippen LogP contribution in [-0.4, -0.2) is 61.6 Å². The number of aromatic nitrogens is 2. The number of hydrogen-bond acceptors (Lipinski definition) is 5. The largest absolute Gasteiger partial charge is 0.365 e. The number of carbonyl (C=O) groups is 1. The van der Waals surface area contributed by atoms with Crippen molar-refractivity contribution in [1.29, 1.82) is 0 Å². The Labute approximate surface area is 270 Å². The normalized spacial score (nSPS) is 18.4. The van der Waals surface area contributed by atoms with Gasteiger partial charge in [0, 0.05) is 41.2 Å². The van der Waals surface area contributed by atoms with Crippen LogP contribution in [0.4, 0.5) is 14.5 Å². The van der Waals surface area contributed by atoms with Crippen LogP contribution in [0.5, 0.6) is 0 Å². The van der Waals surface area contributed by atoms with Gasteiger partial charge in [0.15, 0.2) is 5.82 Å². The number of fused-ring (bicyclic) bond motifs is 3. The van der Waals surface area contributed by atoms with Crippen LogP contribution in [0, 0.1) is 23.1 Å². The van der Waals surface area contributed by atoms with E-state index in [-0.39, 0.29) is 34.0 Å². The molecule has 4 heterocycles. The predicted molar refractivity (Wildman–Crippen MR) is 184 cm³/mol. The number of rotatable bonds is 7. The summed E-state index contributed by atoms with van der Waals surface area (Å²) < 4.78 is 32.3. The highest BCUT2D eigenvalue weighted by Crippen LogP contribution is 2.43. The summed E-state index contributed by atoms with van der Waals surface area (Å²) in [6.07, 6.45) is 3.34. The first-order chi connectivity index (χ1) is 21.5. The number of anilines is 1. The Balaban J connectivity index is 1.50. The van der Waals surface area contributed by atoms with Crippen molar-refractivity contribution in [2.24, 2.45) is 0 Å². The Morgan fingerprint density at radius 1 is 1.07 bits per heavy atom. The minimum absolute atomic E-state index is 0.0802. The Bertz CT molecular complexity index is 1850. The summed E-state index contributed by atoms with van der Waals surface area (Å²) in [4.78, 5) is 24.4. The van der Waals surface area contributed by atoms with Crippen LogP contribution in [-0.2, 0) is 4.79 Å². The average molecular weight is 642 g/mol. The smallest absolute Gasteiger partial charge is 0.293 e. The van der Waals surface area contributed by atoms with Crippen molar-refractivity contribution < 1.29 is 13.6 Å². The van der Waals surface area contributed by atoms with Crippen LogP contribution in [0.2, 0.25) is 21.8 Å². The number of nitrogens with zero attached hydrogens (tertiary/aromatic N) is 4. The van der Waals surface area contributed by atoms with Crippen molar-refractivity contribution in [2.45, 2.75) is 76.7 Å². The second-order valence-corrected chi connectivity index (χ2v) is 19.2. The molecule has 1 radical (unpaired) electrons. The molecular formula is C35H37BClF2N4OSi. The van der Waals surface area contributed by atoms with Crippen molar-refractivity contribution in [3.8, 4) is 22.7 Å². The predicted octanol–water partition coefficient (Wildman–Crippen LogP) is 8.02. The van der Waals surface area contributed by atoms with Gasteiger partial charge in [0.2, 0.25) is 0 Å². The van der Waals surface area contributed by atoms with E-state index in [0.717, 1.165) is 30.2 Å². The van der Waals surface area contributed by atoms with Gasteiger partial charge in [-0.2, -0.15) is 0 Å². The monoisotopic (exact) mass is 641 g/mol. The maximum atomic E-state index is 16.6. The molecule has 2 aliphatic rings. The van der Waals surface area contributed by atoms with E-state index in [2.05, 4.69) is 72.7 Å². The van der Waals surface area contributed by atoms with Gasteiger partial charge in [-0.25, -0.2) is 13.8 Å². The van der Waals surface area contributed by atoms with E-state index in [1.807, 2.05) is 12.1 Å². The maximum absolute atomic E-state index is 16.6. The molecule has 10 heteroatoms. The van der Waals surface area contributed by atoms with Gasteiger partial charge in [0.05, 0.1) is 17.4 Å². The number of carbonyl (C=O) groups excluding carboxylic acids is 1.